The Morgan fingerprint density at radius 3 is 2.28 bits per heavy atom. The number of allylic oxidation sites excluding steroid dienone is 1. The predicted octanol–water partition coefficient (Wildman–Crippen LogP) is 8.09. The van der Waals surface area contributed by atoms with Gasteiger partial charge in [-0.1, -0.05) is 35.3 Å². The molecule has 1 aliphatic rings. The maximum absolute atomic E-state index is 15.1. The first-order valence-electron chi connectivity index (χ1n) is 11.2. The molecule has 0 radical (unpaired) electrons. The molecule has 1 aliphatic carbocycles. The molecule has 1 amide bonds. The summed E-state index contributed by atoms with van der Waals surface area (Å²) in [5.74, 6) is -5.56. The molecule has 1 atom stereocenters. The van der Waals surface area contributed by atoms with E-state index in [0.717, 1.165) is 12.1 Å². The summed E-state index contributed by atoms with van der Waals surface area (Å²) in [6.45, 7) is 0. The van der Waals surface area contributed by atoms with E-state index in [-0.39, 0.29) is 34.1 Å². The summed E-state index contributed by atoms with van der Waals surface area (Å²) < 4.78 is 98.4. The number of hydrazine groups is 1. The molecule has 39 heavy (non-hydrogen) atoms. The Bertz CT molecular complexity index is 1410. The highest BCUT2D eigenvalue weighted by molar-refractivity contribution is 6.42. The van der Waals surface area contributed by atoms with Crippen LogP contribution in [0.4, 0.5) is 36.7 Å². The summed E-state index contributed by atoms with van der Waals surface area (Å²) in [7, 11) is 0. The highest BCUT2D eigenvalue weighted by Gasteiger charge is 2.41. The number of alkyl halides is 6. The molecular formula is C25H17Cl2F7N4O. The number of nitrogens with zero attached hydrogens (tertiary/aromatic N) is 2. The molecule has 206 valence electrons. The van der Waals surface area contributed by atoms with Gasteiger partial charge in [-0.2, -0.15) is 26.3 Å². The van der Waals surface area contributed by atoms with Crippen LogP contribution in [-0.4, -0.2) is 22.1 Å². The van der Waals surface area contributed by atoms with Gasteiger partial charge in [0.2, 0.25) is 5.95 Å². The van der Waals surface area contributed by atoms with Crippen molar-refractivity contribution in [3.63, 3.8) is 0 Å². The Morgan fingerprint density at radius 2 is 1.69 bits per heavy atom. The maximum atomic E-state index is 15.1. The molecule has 1 unspecified atom stereocenters. The molecule has 0 saturated heterocycles. The van der Waals surface area contributed by atoms with Gasteiger partial charge in [0.05, 0.1) is 21.2 Å². The summed E-state index contributed by atoms with van der Waals surface area (Å²) in [5.41, 5.74) is 0.915. The number of aromatic nitrogens is 2. The van der Waals surface area contributed by atoms with E-state index >= 15 is 4.39 Å². The van der Waals surface area contributed by atoms with Crippen molar-refractivity contribution >= 4 is 40.9 Å². The number of hydrogen-bond acceptors (Lipinski definition) is 4. The van der Waals surface area contributed by atoms with Crippen molar-refractivity contribution in [2.45, 2.75) is 37.0 Å². The monoisotopic (exact) mass is 592 g/mol. The average molecular weight is 593 g/mol. The number of amides is 1. The predicted molar refractivity (Wildman–Crippen MR) is 131 cm³/mol. The van der Waals surface area contributed by atoms with Gasteiger partial charge in [-0.25, -0.2) is 14.4 Å². The van der Waals surface area contributed by atoms with Crippen LogP contribution in [0.1, 0.15) is 57.3 Å². The summed E-state index contributed by atoms with van der Waals surface area (Å²) >= 11 is 12.2. The van der Waals surface area contributed by atoms with Crippen LogP contribution in [0.2, 0.25) is 10.0 Å². The fourth-order valence-corrected chi connectivity index (χ4v) is 4.29. The highest BCUT2D eigenvalue weighted by atomic mass is 35.5. The van der Waals surface area contributed by atoms with Crippen molar-refractivity contribution in [2.24, 2.45) is 0 Å². The third-order valence-electron chi connectivity index (χ3n) is 5.82. The Labute approximate surface area is 227 Å². The largest absolute Gasteiger partial charge is 0.417 e. The van der Waals surface area contributed by atoms with Gasteiger partial charge in [0, 0.05) is 18.0 Å². The lowest BCUT2D eigenvalue weighted by Crippen LogP contribution is -2.32. The molecule has 3 aromatic rings. The van der Waals surface area contributed by atoms with E-state index in [2.05, 4.69) is 15.4 Å². The number of carbonyl (C=O) groups is 1. The Morgan fingerprint density at radius 1 is 1.03 bits per heavy atom. The summed E-state index contributed by atoms with van der Waals surface area (Å²) in [6, 6.07) is 5.29. The number of carbonyl (C=O) groups excluding carboxylic acids is 1. The second-order valence-corrected chi connectivity index (χ2v) is 9.41. The van der Waals surface area contributed by atoms with Crippen molar-refractivity contribution in [1.82, 2.24) is 15.4 Å². The first kappa shape index (κ1) is 28.6. The molecule has 1 saturated carbocycles. The molecule has 1 aromatic heterocycles. The number of nitrogens with one attached hydrogen (secondary N) is 2. The minimum Gasteiger partial charge on any atom is -0.267 e. The van der Waals surface area contributed by atoms with Crippen LogP contribution in [0.25, 0.3) is 5.83 Å². The SMILES string of the molecule is O=C(NNc1ncccn1)c1ccc(C(F)=CC(c2cc(Cl)c(Cl)c(C3CC3)c2)C(F)(F)F)cc1C(F)(F)F. The number of benzene rings is 2. The van der Waals surface area contributed by atoms with E-state index in [4.69, 9.17) is 23.2 Å². The maximum Gasteiger partial charge on any atom is 0.417 e. The fourth-order valence-electron chi connectivity index (χ4n) is 3.79. The molecule has 0 aliphatic heterocycles. The van der Waals surface area contributed by atoms with Crippen LogP contribution in [0.3, 0.4) is 0 Å². The van der Waals surface area contributed by atoms with Crippen molar-refractivity contribution in [1.29, 1.82) is 0 Å². The van der Waals surface area contributed by atoms with E-state index in [9.17, 15) is 31.1 Å². The zero-order chi connectivity index (χ0) is 28.5. The number of rotatable bonds is 7. The molecule has 4 rings (SSSR count). The first-order chi connectivity index (χ1) is 18.3. The molecular weight excluding hydrogens is 576 g/mol. The van der Waals surface area contributed by atoms with Crippen molar-refractivity contribution < 1.29 is 35.5 Å². The average Bonchev–Trinajstić information content (AvgIpc) is 3.72. The van der Waals surface area contributed by atoms with Gasteiger partial charge in [-0.05, 0) is 60.2 Å². The zero-order valence-electron chi connectivity index (χ0n) is 19.5. The van der Waals surface area contributed by atoms with Crippen molar-refractivity contribution in [3.8, 4) is 0 Å². The Balaban J connectivity index is 1.68. The molecule has 2 N–H and O–H groups in total. The van der Waals surface area contributed by atoms with Gasteiger partial charge >= 0.3 is 12.4 Å². The van der Waals surface area contributed by atoms with Crippen LogP contribution >= 0.6 is 23.2 Å². The summed E-state index contributed by atoms with van der Waals surface area (Å²) in [5, 5.41) is -0.0475. The third kappa shape index (κ3) is 6.80. The van der Waals surface area contributed by atoms with Gasteiger partial charge in [0.1, 0.15) is 11.7 Å². The van der Waals surface area contributed by atoms with Gasteiger partial charge < -0.3 is 0 Å². The molecule has 0 bridgehead atoms. The molecule has 1 fully saturated rings. The van der Waals surface area contributed by atoms with E-state index in [1.54, 1.807) is 0 Å². The minimum absolute atomic E-state index is 0.0753. The van der Waals surface area contributed by atoms with Crippen LogP contribution in [0.5, 0.6) is 0 Å². The van der Waals surface area contributed by atoms with Crippen LogP contribution in [0, 0.1) is 0 Å². The van der Waals surface area contributed by atoms with Crippen LogP contribution < -0.4 is 10.9 Å². The molecule has 5 nitrogen and oxygen atoms in total. The third-order valence-corrected chi connectivity index (χ3v) is 6.64. The van der Waals surface area contributed by atoms with Gasteiger partial charge in [-0.15, -0.1) is 0 Å². The molecule has 1 heterocycles. The Hall–Kier alpha value is -3.38. The van der Waals surface area contributed by atoms with Gasteiger partial charge in [-0.3, -0.25) is 15.6 Å². The summed E-state index contributed by atoms with van der Waals surface area (Å²) in [4.78, 5) is 19.9. The number of anilines is 1. The first-order valence-corrected chi connectivity index (χ1v) is 12.0. The lowest BCUT2D eigenvalue weighted by Gasteiger charge is -2.20. The van der Waals surface area contributed by atoms with Gasteiger partial charge in [0.25, 0.3) is 5.91 Å². The smallest absolute Gasteiger partial charge is 0.267 e. The number of hydrogen-bond donors (Lipinski definition) is 2. The lowest BCUT2D eigenvalue weighted by atomic mass is 9.93. The zero-order valence-corrected chi connectivity index (χ0v) is 21.0. The fraction of sp³-hybridized carbons (Fsp3) is 0.240. The van der Waals surface area contributed by atoms with Crippen molar-refractivity contribution in [3.05, 3.63) is 92.7 Å². The summed E-state index contributed by atoms with van der Waals surface area (Å²) in [6.07, 6.45) is -5.95. The topological polar surface area (TPSA) is 66.9 Å². The molecule has 14 heteroatoms. The molecule has 2 aromatic carbocycles. The number of halogens is 9. The molecule has 0 spiro atoms. The van der Waals surface area contributed by atoms with E-state index < -0.39 is 52.3 Å². The van der Waals surface area contributed by atoms with Crippen molar-refractivity contribution in [2.75, 3.05) is 5.43 Å². The van der Waals surface area contributed by atoms with E-state index in [1.807, 2.05) is 5.43 Å². The standard InChI is InChI=1S/C25H17Cl2F7N4O/c26-19-10-14(8-16(21(19)27)12-2-3-12)17(24(29,30)31)11-20(28)13-4-5-15(18(9-13)25(32,33)34)22(39)37-38-23-35-6-1-7-36-23/h1,4-12,17H,2-3H2,(H,37,39)(H,35,36,38). The second-order valence-electron chi connectivity index (χ2n) is 8.62. The van der Waals surface area contributed by atoms with Crippen LogP contribution in [-0.2, 0) is 6.18 Å². The van der Waals surface area contributed by atoms with Gasteiger partial charge in [0.15, 0.2) is 0 Å². The highest BCUT2D eigenvalue weighted by Crippen LogP contribution is 2.48. The van der Waals surface area contributed by atoms with E-state index in [0.29, 0.717) is 24.5 Å². The quantitative estimate of drug-likeness (QED) is 0.215. The van der Waals surface area contributed by atoms with Crippen LogP contribution in [0.15, 0.2) is 54.9 Å². The lowest BCUT2D eigenvalue weighted by molar-refractivity contribution is -0.140. The minimum atomic E-state index is -5.14. The normalized spacial score (nSPS) is 15.2. The van der Waals surface area contributed by atoms with E-state index in [1.165, 1.54) is 24.5 Å². The Kier molecular flexibility index (Phi) is 8.08. The second kappa shape index (κ2) is 11.0.